The number of phenols is 1. The van der Waals surface area contributed by atoms with Gasteiger partial charge in [0.2, 0.25) is 0 Å². The Hall–Kier alpha value is -5.42. The number of carbonyl (C=O) groups is 1. The van der Waals surface area contributed by atoms with Crippen LogP contribution in [-0.2, 0) is 41.8 Å². The highest BCUT2D eigenvalue weighted by Gasteiger charge is 2.54. The van der Waals surface area contributed by atoms with Crippen molar-refractivity contribution in [2.45, 2.75) is 78.1 Å². The van der Waals surface area contributed by atoms with Crippen molar-refractivity contribution in [2.75, 3.05) is 17.6 Å². The van der Waals surface area contributed by atoms with E-state index in [0.29, 0.717) is 47.5 Å². The number of nitrogen functional groups attached to an aromatic ring is 1. The Balaban J connectivity index is 1.46. The van der Waals surface area contributed by atoms with Crippen LogP contribution in [0, 0.1) is 5.92 Å². The Morgan fingerprint density at radius 1 is 1.18 bits per heavy atom. The molecule has 0 fully saturated rings. The topological polar surface area (TPSA) is 170 Å². The number of nitrogens with two attached hydrogens (primary N) is 1. The number of carbonyl (C=O) groups excluding carboxylic acids is 1. The number of benzene rings is 1. The van der Waals surface area contributed by atoms with Crippen LogP contribution < -0.4 is 21.2 Å². The third kappa shape index (κ3) is 5.04. The second-order valence-electron chi connectivity index (χ2n) is 14.0. The van der Waals surface area contributed by atoms with Crippen LogP contribution in [0.2, 0.25) is 0 Å². The predicted molar refractivity (Wildman–Crippen MR) is 192 cm³/mol. The molecule has 3 unspecified atom stereocenters. The van der Waals surface area contributed by atoms with Crippen molar-refractivity contribution in [2.24, 2.45) is 5.92 Å². The molecule has 0 saturated heterocycles. The minimum absolute atomic E-state index is 0.0302. The summed E-state index contributed by atoms with van der Waals surface area (Å²) in [7, 11) is 0. The maximum absolute atomic E-state index is 13.6. The molecule has 262 valence electrons. The Bertz CT molecular complexity index is 2320. The summed E-state index contributed by atoms with van der Waals surface area (Å²) in [5.74, 6) is 0.401. The lowest BCUT2D eigenvalue weighted by molar-refractivity contribution is -0.162. The summed E-state index contributed by atoms with van der Waals surface area (Å²) in [6.07, 6.45) is 8.79. The van der Waals surface area contributed by atoms with E-state index in [1.807, 2.05) is 26.1 Å². The SMILES string of the molecule is CC=C(C)C(=O)OC1Cc2c3c(c4oc(CO)cc(=O)c4c2O)Cc2ccnc(N)c2C2=CCC4=C2C(Cc2cnc(NCC)cc2C4)C1(C)O3. The molecule has 4 aliphatic rings. The summed E-state index contributed by atoms with van der Waals surface area (Å²) in [6.45, 7) is 7.71. The van der Waals surface area contributed by atoms with Crippen LogP contribution in [0.1, 0.15) is 73.3 Å². The molecule has 1 aromatic carbocycles. The van der Waals surface area contributed by atoms with Crippen molar-refractivity contribution in [1.29, 1.82) is 0 Å². The highest BCUT2D eigenvalue weighted by molar-refractivity contribution is 5.94. The van der Waals surface area contributed by atoms with Crippen molar-refractivity contribution in [3.63, 3.8) is 0 Å². The molecule has 11 nitrogen and oxygen atoms in total. The maximum atomic E-state index is 13.6. The molecule has 4 aromatic rings. The molecule has 51 heavy (non-hydrogen) atoms. The number of aromatic nitrogens is 2. The molecule has 0 spiro atoms. The zero-order valence-electron chi connectivity index (χ0n) is 29.1. The molecule has 8 rings (SSSR count). The van der Waals surface area contributed by atoms with Crippen molar-refractivity contribution in [3.8, 4) is 11.5 Å². The molecule has 3 aromatic heterocycles. The number of hydrogen-bond acceptors (Lipinski definition) is 11. The van der Waals surface area contributed by atoms with E-state index in [0.717, 1.165) is 45.8 Å². The monoisotopic (exact) mass is 688 g/mol. The van der Waals surface area contributed by atoms with Gasteiger partial charge in [-0.25, -0.2) is 14.8 Å². The standard InChI is InChI=1S/C40H40N4O7/c1-5-19(3)39(48)50-30-16-26-35(47)34-29(46)15-24(18-45)49-37(34)27-12-21-9-10-43-38(41)33(21)25-8-7-20-11-22-14-31(42-6-2)44-17-23(22)13-28(32(20)25)40(30,4)51-36(26)27/h5,8-10,14-15,17,28,30,45,47H,6-7,11-13,16,18H2,1-4H3,(H2,41,43)(H,42,44). The molecule has 0 amide bonds. The molecule has 2 aliphatic heterocycles. The number of allylic oxidation sites excluding steroid dienone is 4. The second kappa shape index (κ2) is 12.1. The van der Waals surface area contributed by atoms with Gasteiger partial charge in [0.15, 0.2) is 11.0 Å². The third-order valence-electron chi connectivity index (χ3n) is 11.1. The highest BCUT2D eigenvalue weighted by atomic mass is 16.6. The van der Waals surface area contributed by atoms with Crippen molar-refractivity contribution in [1.82, 2.24) is 9.97 Å². The molecular weight excluding hydrogens is 648 g/mol. The average molecular weight is 689 g/mol. The van der Waals surface area contributed by atoms with Crippen molar-refractivity contribution >= 4 is 34.1 Å². The first-order chi connectivity index (χ1) is 24.6. The molecular formula is C40H40N4O7. The van der Waals surface area contributed by atoms with Gasteiger partial charge < -0.3 is 35.2 Å². The molecule has 11 heteroatoms. The number of aromatic hydroxyl groups is 1. The molecule has 2 aliphatic carbocycles. The van der Waals surface area contributed by atoms with Crippen LogP contribution in [-0.4, -0.2) is 44.4 Å². The highest BCUT2D eigenvalue weighted by Crippen LogP contribution is 2.56. The first-order valence-corrected chi connectivity index (χ1v) is 17.4. The van der Waals surface area contributed by atoms with Crippen molar-refractivity contribution in [3.05, 3.63) is 109 Å². The van der Waals surface area contributed by atoms with Gasteiger partial charge in [-0.15, -0.1) is 0 Å². The van der Waals surface area contributed by atoms with E-state index in [2.05, 4.69) is 22.4 Å². The summed E-state index contributed by atoms with van der Waals surface area (Å²) in [5, 5.41) is 25.2. The fourth-order valence-corrected chi connectivity index (χ4v) is 8.38. The van der Waals surface area contributed by atoms with Gasteiger partial charge in [-0.2, -0.15) is 0 Å². The first-order valence-electron chi connectivity index (χ1n) is 17.4. The van der Waals surface area contributed by atoms with E-state index in [-0.39, 0.29) is 41.2 Å². The van der Waals surface area contributed by atoms with E-state index in [9.17, 15) is 19.8 Å². The van der Waals surface area contributed by atoms with E-state index >= 15 is 0 Å². The van der Waals surface area contributed by atoms with E-state index in [1.54, 1.807) is 26.1 Å². The van der Waals surface area contributed by atoms with E-state index in [4.69, 9.17) is 24.6 Å². The normalized spacial score (nSPS) is 21.9. The zero-order chi connectivity index (χ0) is 35.8. The van der Waals surface area contributed by atoms with E-state index < -0.39 is 29.7 Å². The molecule has 5 N–H and O–H groups in total. The lowest BCUT2D eigenvalue weighted by atomic mass is 9.69. The molecule has 5 heterocycles. The van der Waals surface area contributed by atoms with Crippen LogP contribution in [0.25, 0.3) is 16.5 Å². The summed E-state index contributed by atoms with van der Waals surface area (Å²) in [6, 6.07) is 5.20. The summed E-state index contributed by atoms with van der Waals surface area (Å²) < 4.78 is 19.8. The fourth-order valence-electron chi connectivity index (χ4n) is 8.38. The summed E-state index contributed by atoms with van der Waals surface area (Å²) in [5.41, 5.74) is 13.6. The number of nitrogens with one attached hydrogen (secondary N) is 1. The smallest absolute Gasteiger partial charge is 0.333 e. The summed E-state index contributed by atoms with van der Waals surface area (Å²) in [4.78, 5) is 36.4. The Morgan fingerprint density at radius 2 is 2.00 bits per heavy atom. The van der Waals surface area contributed by atoms with E-state index in [1.165, 1.54) is 11.6 Å². The fraction of sp³-hybridized carbons (Fsp3) is 0.350. The van der Waals surface area contributed by atoms with Crippen LogP contribution in [0.5, 0.6) is 11.5 Å². The average Bonchev–Trinajstić information content (AvgIpc) is 3.43. The number of pyridine rings is 2. The maximum Gasteiger partial charge on any atom is 0.333 e. The molecule has 0 radical (unpaired) electrons. The number of aliphatic hydroxyl groups excluding tert-OH is 1. The number of ether oxygens (including phenoxy) is 2. The minimum Gasteiger partial charge on any atom is -0.507 e. The predicted octanol–water partition coefficient (Wildman–Crippen LogP) is 5.47. The largest absolute Gasteiger partial charge is 0.507 e. The minimum atomic E-state index is -1.19. The van der Waals surface area contributed by atoms with Crippen LogP contribution >= 0.6 is 0 Å². The first kappa shape index (κ1) is 32.8. The van der Waals surface area contributed by atoms with Gasteiger partial charge in [-0.1, -0.05) is 17.7 Å². The number of hydrogen-bond donors (Lipinski definition) is 4. The second-order valence-corrected chi connectivity index (χ2v) is 14.0. The van der Waals surface area contributed by atoms with Crippen LogP contribution in [0.15, 0.2) is 68.7 Å². The third-order valence-corrected chi connectivity index (χ3v) is 11.1. The van der Waals surface area contributed by atoms with Crippen molar-refractivity contribution < 1.29 is 28.9 Å². The number of esters is 1. The van der Waals surface area contributed by atoms with Crippen LogP contribution in [0.4, 0.5) is 11.6 Å². The van der Waals surface area contributed by atoms with Gasteiger partial charge in [-0.05, 0) is 86.9 Å². The van der Waals surface area contributed by atoms with Gasteiger partial charge in [0.05, 0.1) is 0 Å². The number of phenolic OH excluding ortho intramolecular Hbond substituents is 1. The van der Waals surface area contributed by atoms with Crippen LogP contribution in [0.3, 0.4) is 0 Å². The van der Waals surface area contributed by atoms with Gasteiger partial charge in [-0.3, -0.25) is 4.79 Å². The Kier molecular flexibility index (Phi) is 7.79. The number of fused-ring (bicyclic) bond motifs is 7. The molecule has 0 saturated carbocycles. The lowest BCUT2D eigenvalue weighted by Crippen LogP contribution is -2.57. The Morgan fingerprint density at radius 3 is 2.76 bits per heavy atom. The van der Waals surface area contributed by atoms with Gasteiger partial charge in [0.25, 0.3) is 0 Å². The lowest BCUT2D eigenvalue weighted by Gasteiger charge is -2.48. The van der Waals surface area contributed by atoms with Gasteiger partial charge in [0.1, 0.15) is 52.6 Å². The number of anilines is 2. The number of aliphatic hydroxyl groups is 1. The summed E-state index contributed by atoms with van der Waals surface area (Å²) >= 11 is 0. The van der Waals surface area contributed by atoms with Gasteiger partial charge in [0, 0.05) is 66.0 Å². The zero-order valence-corrected chi connectivity index (χ0v) is 29.1. The number of rotatable bonds is 5. The number of nitrogens with zero attached hydrogens (tertiary/aromatic N) is 2. The molecule has 3 atom stereocenters. The quantitative estimate of drug-likeness (QED) is 0.155. The van der Waals surface area contributed by atoms with Gasteiger partial charge >= 0.3 is 5.97 Å². The molecule has 2 bridgehead atoms. The Labute approximate surface area is 294 Å².